The van der Waals surface area contributed by atoms with Crippen molar-refractivity contribution >= 4 is 22.4 Å². The molecule has 78 valence electrons. The lowest BCUT2D eigenvalue weighted by Gasteiger charge is -1.99. The minimum absolute atomic E-state index is 0.144. The van der Waals surface area contributed by atoms with E-state index in [0.29, 0.717) is 5.84 Å². The van der Waals surface area contributed by atoms with E-state index < -0.39 is 0 Å². The molecule has 2 N–H and O–H groups in total. The van der Waals surface area contributed by atoms with Crippen LogP contribution in [0.15, 0.2) is 41.5 Å². The van der Waals surface area contributed by atoms with Gasteiger partial charge in [0.25, 0.3) is 0 Å². The second kappa shape index (κ2) is 4.41. The SMILES string of the molecule is N#CCC(N)=Nc1ccc2ncccc2c1. The Morgan fingerprint density at radius 3 is 3.12 bits per heavy atom. The van der Waals surface area contributed by atoms with Crippen LogP contribution in [-0.4, -0.2) is 10.8 Å². The van der Waals surface area contributed by atoms with Crippen LogP contribution in [0.1, 0.15) is 6.42 Å². The minimum atomic E-state index is 0.144. The van der Waals surface area contributed by atoms with Crippen LogP contribution < -0.4 is 5.73 Å². The lowest BCUT2D eigenvalue weighted by molar-refractivity contribution is 1.33. The summed E-state index contributed by atoms with van der Waals surface area (Å²) in [7, 11) is 0. The first-order valence-electron chi connectivity index (χ1n) is 4.84. The number of amidine groups is 1. The van der Waals surface area contributed by atoms with E-state index in [1.807, 2.05) is 36.4 Å². The van der Waals surface area contributed by atoms with Gasteiger partial charge in [-0.1, -0.05) is 6.07 Å². The molecule has 0 saturated heterocycles. The molecule has 0 amide bonds. The van der Waals surface area contributed by atoms with Gasteiger partial charge in [0.05, 0.1) is 23.7 Å². The van der Waals surface area contributed by atoms with Crippen molar-refractivity contribution in [3.63, 3.8) is 0 Å². The molecule has 0 atom stereocenters. The smallest absolute Gasteiger partial charge is 0.114 e. The highest BCUT2D eigenvalue weighted by atomic mass is 14.9. The molecule has 1 heterocycles. The lowest BCUT2D eigenvalue weighted by atomic mass is 10.2. The highest BCUT2D eigenvalue weighted by Gasteiger charge is 1.96. The van der Waals surface area contributed by atoms with Crippen LogP contribution in [0.5, 0.6) is 0 Å². The zero-order chi connectivity index (χ0) is 11.4. The number of rotatable bonds is 2. The molecule has 0 unspecified atom stereocenters. The Bertz CT molecular complexity index is 581. The maximum Gasteiger partial charge on any atom is 0.114 e. The van der Waals surface area contributed by atoms with Gasteiger partial charge < -0.3 is 5.73 Å². The molecular weight excluding hydrogens is 200 g/mol. The molecule has 0 radical (unpaired) electrons. The van der Waals surface area contributed by atoms with Crippen LogP contribution in [0.2, 0.25) is 0 Å². The average molecular weight is 210 g/mol. The number of hydrogen-bond donors (Lipinski definition) is 1. The summed E-state index contributed by atoms with van der Waals surface area (Å²) < 4.78 is 0. The van der Waals surface area contributed by atoms with Crippen LogP contribution >= 0.6 is 0 Å². The molecule has 0 fully saturated rings. The zero-order valence-electron chi connectivity index (χ0n) is 8.59. The predicted molar refractivity (Wildman–Crippen MR) is 63.3 cm³/mol. The number of aromatic nitrogens is 1. The van der Waals surface area contributed by atoms with E-state index in [-0.39, 0.29) is 6.42 Å². The standard InChI is InChI=1S/C12H10N4/c13-6-5-12(14)16-10-3-4-11-9(8-10)2-1-7-15-11/h1-4,7-8H,5H2,(H2,14,16). The summed E-state index contributed by atoms with van der Waals surface area (Å²) in [4.78, 5) is 8.35. The highest BCUT2D eigenvalue weighted by Crippen LogP contribution is 2.19. The van der Waals surface area contributed by atoms with Crippen LogP contribution in [0.25, 0.3) is 10.9 Å². The van der Waals surface area contributed by atoms with E-state index >= 15 is 0 Å². The second-order valence-electron chi connectivity index (χ2n) is 3.32. The number of hydrogen-bond acceptors (Lipinski definition) is 3. The van der Waals surface area contributed by atoms with Gasteiger partial charge in [-0.2, -0.15) is 5.26 Å². The Morgan fingerprint density at radius 2 is 2.31 bits per heavy atom. The second-order valence-corrected chi connectivity index (χ2v) is 3.32. The Morgan fingerprint density at radius 1 is 1.44 bits per heavy atom. The molecule has 1 aromatic heterocycles. The van der Waals surface area contributed by atoms with E-state index in [9.17, 15) is 0 Å². The van der Waals surface area contributed by atoms with Crippen molar-refractivity contribution in [1.82, 2.24) is 4.98 Å². The van der Waals surface area contributed by atoms with Crippen molar-refractivity contribution in [3.8, 4) is 6.07 Å². The predicted octanol–water partition coefficient (Wildman–Crippen LogP) is 2.14. The maximum absolute atomic E-state index is 8.47. The van der Waals surface area contributed by atoms with Gasteiger partial charge in [-0.05, 0) is 24.3 Å². The number of benzene rings is 1. The summed E-state index contributed by atoms with van der Waals surface area (Å²) >= 11 is 0. The molecule has 16 heavy (non-hydrogen) atoms. The van der Waals surface area contributed by atoms with Gasteiger partial charge in [0.2, 0.25) is 0 Å². The highest BCUT2D eigenvalue weighted by molar-refractivity contribution is 5.87. The third kappa shape index (κ3) is 2.15. The third-order valence-corrected chi connectivity index (χ3v) is 2.12. The van der Waals surface area contributed by atoms with E-state index in [1.54, 1.807) is 6.20 Å². The van der Waals surface area contributed by atoms with E-state index in [4.69, 9.17) is 11.0 Å². The average Bonchev–Trinajstić information content (AvgIpc) is 2.29. The van der Waals surface area contributed by atoms with Gasteiger partial charge in [0, 0.05) is 11.6 Å². The van der Waals surface area contributed by atoms with Gasteiger partial charge in [-0.3, -0.25) is 4.98 Å². The topological polar surface area (TPSA) is 75.1 Å². The Hall–Kier alpha value is -2.41. The summed E-state index contributed by atoms with van der Waals surface area (Å²) in [6.45, 7) is 0. The Labute approximate surface area is 93.1 Å². The fourth-order valence-corrected chi connectivity index (χ4v) is 1.42. The first-order chi connectivity index (χ1) is 7.79. The summed E-state index contributed by atoms with van der Waals surface area (Å²) in [5.41, 5.74) is 7.23. The molecule has 0 spiro atoms. The first kappa shape index (κ1) is 10.1. The molecule has 0 aliphatic carbocycles. The minimum Gasteiger partial charge on any atom is -0.386 e. The molecular formula is C12H10N4. The molecule has 1 aromatic carbocycles. The van der Waals surface area contributed by atoms with E-state index in [2.05, 4.69) is 9.98 Å². The molecule has 0 aliphatic rings. The number of nitriles is 1. The van der Waals surface area contributed by atoms with Gasteiger partial charge in [0.15, 0.2) is 0 Å². The summed E-state index contributed by atoms with van der Waals surface area (Å²) in [6, 6.07) is 11.4. The monoisotopic (exact) mass is 210 g/mol. The van der Waals surface area contributed by atoms with Crippen molar-refractivity contribution in [2.24, 2.45) is 10.7 Å². The molecule has 0 saturated carbocycles. The van der Waals surface area contributed by atoms with Gasteiger partial charge in [-0.25, -0.2) is 4.99 Å². The zero-order valence-corrected chi connectivity index (χ0v) is 8.59. The summed E-state index contributed by atoms with van der Waals surface area (Å²) in [5, 5.41) is 9.47. The fraction of sp³-hybridized carbons (Fsp3) is 0.0833. The van der Waals surface area contributed by atoms with Gasteiger partial charge >= 0.3 is 0 Å². The molecule has 2 rings (SSSR count). The lowest BCUT2D eigenvalue weighted by Crippen LogP contribution is -2.09. The number of pyridine rings is 1. The van der Waals surface area contributed by atoms with Crippen molar-refractivity contribution in [3.05, 3.63) is 36.5 Å². The number of fused-ring (bicyclic) bond motifs is 1. The molecule has 4 heteroatoms. The summed E-state index contributed by atoms with van der Waals surface area (Å²) in [6.07, 6.45) is 1.89. The van der Waals surface area contributed by atoms with Crippen molar-refractivity contribution in [2.75, 3.05) is 0 Å². The van der Waals surface area contributed by atoms with Crippen molar-refractivity contribution in [2.45, 2.75) is 6.42 Å². The van der Waals surface area contributed by atoms with Crippen molar-refractivity contribution in [1.29, 1.82) is 5.26 Å². The Balaban J connectivity index is 2.40. The van der Waals surface area contributed by atoms with Crippen LogP contribution in [0, 0.1) is 11.3 Å². The molecule has 0 bridgehead atoms. The van der Waals surface area contributed by atoms with E-state index in [1.165, 1.54) is 0 Å². The first-order valence-corrected chi connectivity index (χ1v) is 4.84. The largest absolute Gasteiger partial charge is 0.386 e. The number of nitrogens with zero attached hydrogens (tertiary/aromatic N) is 3. The quantitative estimate of drug-likeness (QED) is 0.609. The molecule has 2 aromatic rings. The van der Waals surface area contributed by atoms with Crippen molar-refractivity contribution < 1.29 is 0 Å². The van der Waals surface area contributed by atoms with Crippen LogP contribution in [-0.2, 0) is 0 Å². The molecule has 4 nitrogen and oxygen atoms in total. The number of nitrogens with two attached hydrogens (primary N) is 1. The number of aliphatic imine (C=N–C) groups is 1. The van der Waals surface area contributed by atoms with E-state index in [0.717, 1.165) is 16.6 Å². The van der Waals surface area contributed by atoms with Crippen LogP contribution in [0.4, 0.5) is 5.69 Å². The van der Waals surface area contributed by atoms with Gasteiger partial charge in [-0.15, -0.1) is 0 Å². The van der Waals surface area contributed by atoms with Crippen LogP contribution in [0.3, 0.4) is 0 Å². The Kier molecular flexibility index (Phi) is 2.79. The van der Waals surface area contributed by atoms with Gasteiger partial charge in [0.1, 0.15) is 5.84 Å². The fourth-order valence-electron chi connectivity index (χ4n) is 1.42. The summed E-state index contributed by atoms with van der Waals surface area (Å²) in [5.74, 6) is 0.325. The normalized spacial score (nSPS) is 11.3. The third-order valence-electron chi connectivity index (χ3n) is 2.12. The molecule has 0 aliphatic heterocycles. The maximum atomic E-state index is 8.47.